The normalized spacial score (nSPS) is 11.0. The van der Waals surface area contributed by atoms with E-state index >= 15 is 0 Å². The second-order valence-corrected chi connectivity index (χ2v) is 6.42. The van der Waals surface area contributed by atoms with Gasteiger partial charge in [0.15, 0.2) is 5.65 Å². The zero-order valence-corrected chi connectivity index (χ0v) is 15.0. The quantitative estimate of drug-likeness (QED) is 0.543. The Balaban J connectivity index is 1.71. The van der Waals surface area contributed by atoms with Gasteiger partial charge in [-0.3, -0.25) is 4.79 Å². The third-order valence-corrected chi connectivity index (χ3v) is 4.15. The van der Waals surface area contributed by atoms with E-state index in [0.717, 1.165) is 11.4 Å². The van der Waals surface area contributed by atoms with Crippen molar-refractivity contribution in [1.29, 1.82) is 0 Å². The topological polar surface area (TPSA) is 77.1 Å². The van der Waals surface area contributed by atoms with E-state index in [9.17, 15) is 4.79 Å². The summed E-state index contributed by atoms with van der Waals surface area (Å²) in [5, 5.41) is 12.2. The van der Waals surface area contributed by atoms with Crippen LogP contribution in [-0.4, -0.2) is 30.3 Å². The Hall–Kier alpha value is -2.90. The molecule has 26 heavy (non-hydrogen) atoms. The number of nitrogens with zero attached hydrogens (tertiary/aromatic N) is 5. The van der Waals surface area contributed by atoms with Crippen LogP contribution in [0.4, 0.5) is 5.82 Å². The highest BCUT2D eigenvalue weighted by molar-refractivity contribution is 6.30. The number of rotatable bonds is 3. The molecule has 1 aromatic carbocycles. The summed E-state index contributed by atoms with van der Waals surface area (Å²) in [4.78, 5) is 16.9. The summed E-state index contributed by atoms with van der Waals surface area (Å²) in [6.07, 6.45) is 3.09. The number of carbonyl (C=O) groups excluding carboxylic acids is 1. The highest BCUT2D eigenvalue weighted by atomic mass is 35.5. The van der Waals surface area contributed by atoms with Crippen molar-refractivity contribution >= 4 is 40.6 Å². The van der Waals surface area contributed by atoms with Crippen LogP contribution in [0.25, 0.3) is 11.3 Å². The number of hydrogen-bond acceptors (Lipinski definition) is 4. The number of carbonyl (C=O) groups is 1. The SMILES string of the molecule is Cc1cc(NC(=O)c2cnn3ccc(Cl)nc23)n(-c2cccc(Cl)c2)n1. The van der Waals surface area contributed by atoms with E-state index < -0.39 is 0 Å². The van der Waals surface area contributed by atoms with Crippen molar-refractivity contribution in [2.24, 2.45) is 0 Å². The van der Waals surface area contributed by atoms with Crippen LogP contribution >= 0.6 is 23.2 Å². The van der Waals surface area contributed by atoms with Crippen LogP contribution in [-0.2, 0) is 0 Å². The molecule has 0 spiro atoms. The molecule has 0 saturated carbocycles. The van der Waals surface area contributed by atoms with Crippen LogP contribution in [0.2, 0.25) is 10.2 Å². The van der Waals surface area contributed by atoms with Crippen molar-refractivity contribution in [1.82, 2.24) is 24.4 Å². The van der Waals surface area contributed by atoms with Gasteiger partial charge in [-0.05, 0) is 31.2 Å². The number of hydrogen-bond donors (Lipinski definition) is 1. The number of anilines is 1. The summed E-state index contributed by atoms with van der Waals surface area (Å²) in [7, 11) is 0. The minimum Gasteiger partial charge on any atom is -0.306 e. The number of aryl methyl sites for hydroxylation is 1. The molecular weight excluding hydrogens is 375 g/mol. The minimum absolute atomic E-state index is 0.284. The van der Waals surface area contributed by atoms with Crippen molar-refractivity contribution < 1.29 is 4.79 Å². The van der Waals surface area contributed by atoms with E-state index in [1.54, 1.807) is 35.1 Å². The maximum Gasteiger partial charge on any atom is 0.262 e. The molecule has 0 unspecified atom stereocenters. The van der Waals surface area contributed by atoms with Gasteiger partial charge in [0.2, 0.25) is 0 Å². The first-order chi connectivity index (χ1) is 12.5. The second-order valence-electron chi connectivity index (χ2n) is 5.59. The number of benzene rings is 1. The largest absolute Gasteiger partial charge is 0.306 e. The van der Waals surface area contributed by atoms with Crippen LogP contribution in [0.15, 0.2) is 48.8 Å². The molecule has 0 radical (unpaired) electrons. The van der Waals surface area contributed by atoms with Gasteiger partial charge in [-0.25, -0.2) is 14.2 Å². The molecule has 0 aliphatic heterocycles. The lowest BCUT2D eigenvalue weighted by atomic mass is 10.3. The first-order valence-electron chi connectivity index (χ1n) is 7.65. The Kier molecular flexibility index (Phi) is 4.10. The van der Waals surface area contributed by atoms with Gasteiger partial charge in [-0.15, -0.1) is 0 Å². The van der Waals surface area contributed by atoms with Gasteiger partial charge in [0.05, 0.1) is 17.6 Å². The van der Waals surface area contributed by atoms with E-state index in [2.05, 4.69) is 20.5 Å². The molecule has 0 atom stereocenters. The molecule has 0 bridgehead atoms. The summed E-state index contributed by atoms with van der Waals surface area (Å²) in [5.74, 6) is 0.147. The summed E-state index contributed by atoms with van der Waals surface area (Å²) in [6.45, 7) is 1.84. The van der Waals surface area contributed by atoms with Crippen molar-refractivity contribution in [3.8, 4) is 5.69 Å². The molecule has 0 fully saturated rings. The fourth-order valence-electron chi connectivity index (χ4n) is 2.58. The van der Waals surface area contributed by atoms with Crippen LogP contribution in [0.1, 0.15) is 16.1 Å². The van der Waals surface area contributed by atoms with E-state index in [0.29, 0.717) is 22.1 Å². The number of aromatic nitrogens is 5. The third-order valence-electron chi connectivity index (χ3n) is 3.71. The van der Waals surface area contributed by atoms with Crippen LogP contribution in [0, 0.1) is 6.92 Å². The van der Waals surface area contributed by atoms with Crippen molar-refractivity contribution in [3.05, 3.63) is 70.2 Å². The lowest BCUT2D eigenvalue weighted by molar-refractivity contribution is 0.102. The monoisotopic (exact) mass is 386 g/mol. The Morgan fingerprint density at radius 1 is 1.19 bits per heavy atom. The fraction of sp³-hybridized carbons (Fsp3) is 0.0588. The highest BCUT2D eigenvalue weighted by Gasteiger charge is 2.17. The summed E-state index contributed by atoms with van der Waals surface area (Å²) >= 11 is 12.0. The smallest absolute Gasteiger partial charge is 0.262 e. The standard InChI is InChI=1S/C17H12Cl2N6O/c1-10-7-15(25(23-10)12-4-2-3-11(18)8-12)22-17(26)13-9-20-24-6-5-14(19)21-16(13)24/h2-9H,1H3,(H,22,26). The first-order valence-corrected chi connectivity index (χ1v) is 8.41. The van der Waals surface area contributed by atoms with Crippen molar-refractivity contribution in [2.45, 2.75) is 6.92 Å². The predicted molar refractivity (Wildman–Crippen MR) is 99.3 cm³/mol. The van der Waals surface area contributed by atoms with Gasteiger partial charge in [0, 0.05) is 17.3 Å². The van der Waals surface area contributed by atoms with E-state index in [1.165, 1.54) is 10.7 Å². The fourth-order valence-corrected chi connectivity index (χ4v) is 2.90. The predicted octanol–water partition coefficient (Wildman–Crippen LogP) is 3.78. The molecule has 7 nitrogen and oxygen atoms in total. The average molecular weight is 387 g/mol. The van der Waals surface area contributed by atoms with Gasteiger partial charge in [0.25, 0.3) is 5.91 Å². The summed E-state index contributed by atoms with van der Waals surface area (Å²) in [6, 6.07) is 10.6. The number of nitrogens with one attached hydrogen (secondary N) is 1. The summed E-state index contributed by atoms with van der Waals surface area (Å²) < 4.78 is 3.10. The van der Waals surface area contributed by atoms with Gasteiger partial charge < -0.3 is 5.32 Å². The lowest BCUT2D eigenvalue weighted by Gasteiger charge is -2.08. The van der Waals surface area contributed by atoms with Gasteiger partial charge in [0.1, 0.15) is 16.5 Å². The third kappa shape index (κ3) is 3.02. The van der Waals surface area contributed by atoms with Crippen molar-refractivity contribution in [3.63, 3.8) is 0 Å². The molecule has 0 saturated heterocycles. The molecule has 4 aromatic rings. The van der Waals surface area contributed by atoms with Crippen LogP contribution < -0.4 is 5.32 Å². The van der Waals surface area contributed by atoms with Crippen LogP contribution in [0.3, 0.4) is 0 Å². The Morgan fingerprint density at radius 2 is 2.04 bits per heavy atom. The molecule has 4 rings (SSSR count). The van der Waals surface area contributed by atoms with Gasteiger partial charge in [-0.2, -0.15) is 10.2 Å². The minimum atomic E-state index is -0.363. The van der Waals surface area contributed by atoms with E-state index in [-0.39, 0.29) is 11.1 Å². The molecule has 0 aliphatic rings. The molecule has 1 amide bonds. The number of fused-ring (bicyclic) bond motifs is 1. The zero-order chi connectivity index (χ0) is 18.3. The molecule has 0 aliphatic carbocycles. The molecular formula is C17H12Cl2N6O. The Morgan fingerprint density at radius 3 is 2.85 bits per heavy atom. The maximum atomic E-state index is 12.7. The Bertz CT molecular complexity index is 1130. The van der Waals surface area contributed by atoms with E-state index in [1.807, 2.05) is 19.1 Å². The first kappa shape index (κ1) is 16.6. The van der Waals surface area contributed by atoms with Crippen LogP contribution in [0.5, 0.6) is 0 Å². The molecule has 1 N–H and O–H groups in total. The molecule has 3 heterocycles. The van der Waals surface area contributed by atoms with Gasteiger partial charge in [-0.1, -0.05) is 29.3 Å². The summed E-state index contributed by atoms with van der Waals surface area (Å²) in [5.41, 5.74) is 2.17. The molecule has 130 valence electrons. The van der Waals surface area contributed by atoms with E-state index in [4.69, 9.17) is 23.2 Å². The number of amides is 1. The zero-order valence-electron chi connectivity index (χ0n) is 13.5. The molecule has 3 aromatic heterocycles. The highest BCUT2D eigenvalue weighted by Crippen LogP contribution is 2.21. The average Bonchev–Trinajstić information content (AvgIpc) is 3.17. The number of halogens is 2. The molecule has 9 heteroatoms. The second kappa shape index (κ2) is 6.44. The maximum absolute atomic E-state index is 12.7. The van der Waals surface area contributed by atoms with Crippen molar-refractivity contribution in [2.75, 3.05) is 5.32 Å². The Labute approximate surface area is 158 Å². The lowest BCUT2D eigenvalue weighted by Crippen LogP contribution is -2.15. The van der Waals surface area contributed by atoms with Gasteiger partial charge >= 0.3 is 0 Å².